The van der Waals surface area contributed by atoms with Gasteiger partial charge in [0.2, 0.25) is 5.89 Å². The van der Waals surface area contributed by atoms with Crippen molar-refractivity contribution < 1.29 is 18.3 Å². The molecular weight excluding hydrogens is 309 g/mol. The standard InChI is InChI=1S/C14H16FN3O3S/c1-2-20-7-8-22-14-18-17-12(21-14)9-16-13(19)10-3-5-11(15)6-4-10/h3-6H,2,7-9H2,1H3,(H,16,19). The van der Waals surface area contributed by atoms with Crippen molar-refractivity contribution in [3.63, 3.8) is 0 Å². The van der Waals surface area contributed by atoms with Crippen LogP contribution in [0.4, 0.5) is 4.39 Å². The summed E-state index contributed by atoms with van der Waals surface area (Å²) in [7, 11) is 0. The lowest BCUT2D eigenvalue weighted by molar-refractivity contribution is 0.0946. The summed E-state index contributed by atoms with van der Waals surface area (Å²) in [6.07, 6.45) is 0. The number of carbonyl (C=O) groups is 1. The summed E-state index contributed by atoms with van der Waals surface area (Å²) >= 11 is 1.39. The molecule has 1 aromatic heterocycles. The molecule has 1 heterocycles. The fourth-order valence-corrected chi connectivity index (χ4v) is 2.19. The second kappa shape index (κ2) is 8.50. The number of rotatable bonds is 8. The summed E-state index contributed by atoms with van der Waals surface area (Å²) in [5.74, 6) is 0.317. The summed E-state index contributed by atoms with van der Waals surface area (Å²) in [4.78, 5) is 11.8. The SMILES string of the molecule is CCOCCSc1nnc(CNC(=O)c2ccc(F)cc2)o1. The largest absolute Gasteiger partial charge is 0.414 e. The van der Waals surface area contributed by atoms with Gasteiger partial charge in [-0.3, -0.25) is 4.79 Å². The Kier molecular flexibility index (Phi) is 6.35. The highest BCUT2D eigenvalue weighted by Crippen LogP contribution is 2.15. The average Bonchev–Trinajstić information content (AvgIpc) is 2.98. The van der Waals surface area contributed by atoms with Gasteiger partial charge in [0, 0.05) is 17.9 Å². The third-order valence-electron chi connectivity index (χ3n) is 2.61. The van der Waals surface area contributed by atoms with Gasteiger partial charge in [-0.15, -0.1) is 10.2 Å². The fraction of sp³-hybridized carbons (Fsp3) is 0.357. The molecule has 1 N–H and O–H groups in total. The summed E-state index contributed by atoms with van der Waals surface area (Å²) in [6.45, 7) is 3.33. The second-order valence-electron chi connectivity index (χ2n) is 4.20. The summed E-state index contributed by atoms with van der Waals surface area (Å²) in [5, 5.41) is 10.8. The predicted octanol–water partition coefficient (Wildman–Crippen LogP) is 2.27. The van der Waals surface area contributed by atoms with Crippen molar-refractivity contribution in [1.29, 1.82) is 0 Å². The Morgan fingerprint density at radius 3 is 2.86 bits per heavy atom. The van der Waals surface area contributed by atoms with E-state index in [1.807, 2.05) is 6.92 Å². The first kappa shape index (κ1) is 16.4. The molecule has 1 aromatic carbocycles. The first-order chi connectivity index (χ1) is 10.7. The molecule has 118 valence electrons. The third kappa shape index (κ3) is 5.12. The number of amides is 1. The van der Waals surface area contributed by atoms with Gasteiger partial charge in [0.1, 0.15) is 5.82 Å². The van der Waals surface area contributed by atoms with Crippen LogP contribution in [0.2, 0.25) is 0 Å². The van der Waals surface area contributed by atoms with Crippen molar-refractivity contribution in [2.24, 2.45) is 0 Å². The highest BCUT2D eigenvalue weighted by molar-refractivity contribution is 7.99. The Balaban J connectivity index is 1.78. The third-order valence-corrected chi connectivity index (χ3v) is 3.39. The van der Waals surface area contributed by atoms with Crippen molar-refractivity contribution in [2.75, 3.05) is 19.0 Å². The maximum atomic E-state index is 12.8. The van der Waals surface area contributed by atoms with E-state index in [4.69, 9.17) is 9.15 Å². The molecule has 2 rings (SSSR count). The van der Waals surface area contributed by atoms with Crippen molar-refractivity contribution in [2.45, 2.75) is 18.7 Å². The zero-order chi connectivity index (χ0) is 15.8. The van der Waals surface area contributed by atoms with Crippen LogP contribution in [0.15, 0.2) is 33.9 Å². The smallest absolute Gasteiger partial charge is 0.276 e. The quantitative estimate of drug-likeness (QED) is 0.592. The lowest BCUT2D eigenvalue weighted by Crippen LogP contribution is -2.22. The number of hydrogen-bond donors (Lipinski definition) is 1. The molecule has 8 heteroatoms. The minimum Gasteiger partial charge on any atom is -0.414 e. The van der Waals surface area contributed by atoms with E-state index in [0.717, 1.165) is 5.75 Å². The van der Waals surface area contributed by atoms with Crippen LogP contribution in [-0.4, -0.2) is 35.1 Å². The lowest BCUT2D eigenvalue weighted by atomic mass is 10.2. The number of aromatic nitrogens is 2. The molecule has 6 nitrogen and oxygen atoms in total. The molecule has 0 aliphatic carbocycles. The van der Waals surface area contributed by atoms with Gasteiger partial charge in [0.15, 0.2) is 0 Å². The van der Waals surface area contributed by atoms with Crippen LogP contribution < -0.4 is 5.32 Å². The van der Waals surface area contributed by atoms with E-state index in [2.05, 4.69) is 15.5 Å². The molecule has 0 fully saturated rings. The van der Waals surface area contributed by atoms with Crippen molar-refractivity contribution in [3.8, 4) is 0 Å². The molecule has 22 heavy (non-hydrogen) atoms. The monoisotopic (exact) mass is 325 g/mol. The molecule has 1 amide bonds. The van der Waals surface area contributed by atoms with E-state index in [9.17, 15) is 9.18 Å². The van der Waals surface area contributed by atoms with Crippen molar-refractivity contribution in [3.05, 3.63) is 41.5 Å². The van der Waals surface area contributed by atoms with E-state index in [0.29, 0.717) is 29.9 Å². The van der Waals surface area contributed by atoms with Gasteiger partial charge in [-0.25, -0.2) is 4.39 Å². The van der Waals surface area contributed by atoms with Crippen LogP contribution in [0.1, 0.15) is 23.2 Å². The zero-order valence-corrected chi connectivity index (χ0v) is 12.9. The summed E-state index contributed by atoms with van der Waals surface area (Å²) < 4.78 is 23.4. The average molecular weight is 325 g/mol. The number of nitrogens with zero attached hydrogens (tertiary/aromatic N) is 2. The van der Waals surface area contributed by atoms with Crippen LogP contribution in [-0.2, 0) is 11.3 Å². The molecule has 0 saturated carbocycles. The van der Waals surface area contributed by atoms with Gasteiger partial charge in [-0.1, -0.05) is 11.8 Å². The van der Waals surface area contributed by atoms with E-state index < -0.39 is 0 Å². The van der Waals surface area contributed by atoms with Gasteiger partial charge in [0.25, 0.3) is 11.1 Å². The molecule has 0 saturated heterocycles. The minimum absolute atomic E-state index is 0.120. The highest BCUT2D eigenvalue weighted by atomic mass is 32.2. The Bertz CT molecular complexity index is 604. The predicted molar refractivity (Wildman–Crippen MR) is 79.1 cm³/mol. The van der Waals surface area contributed by atoms with Crippen LogP contribution in [0, 0.1) is 5.82 Å². The van der Waals surface area contributed by atoms with Crippen LogP contribution in [0.25, 0.3) is 0 Å². The van der Waals surface area contributed by atoms with E-state index in [-0.39, 0.29) is 18.3 Å². The lowest BCUT2D eigenvalue weighted by Gasteiger charge is -2.02. The van der Waals surface area contributed by atoms with Crippen molar-refractivity contribution >= 4 is 17.7 Å². The molecule has 0 spiro atoms. The Labute approximate surface area is 131 Å². The summed E-state index contributed by atoms with van der Waals surface area (Å²) in [6, 6.07) is 5.28. The highest BCUT2D eigenvalue weighted by Gasteiger charge is 2.10. The topological polar surface area (TPSA) is 77.3 Å². The number of benzene rings is 1. The molecule has 2 aromatic rings. The number of carbonyl (C=O) groups excluding carboxylic acids is 1. The fourth-order valence-electron chi connectivity index (χ4n) is 1.56. The van der Waals surface area contributed by atoms with Gasteiger partial charge < -0.3 is 14.5 Å². The van der Waals surface area contributed by atoms with E-state index in [1.54, 1.807) is 0 Å². The Morgan fingerprint density at radius 1 is 1.36 bits per heavy atom. The van der Waals surface area contributed by atoms with Crippen LogP contribution >= 0.6 is 11.8 Å². The first-order valence-electron chi connectivity index (χ1n) is 6.75. The summed E-state index contributed by atoms with van der Waals surface area (Å²) in [5.41, 5.74) is 0.368. The molecule has 0 atom stereocenters. The van der Waals surface area contributed by atoms with Gasteiger partial charge in [0.05, 0.1) is 13.2 Å². The second-order valence-corrected chi connectivity index (χ2v) is 5.24. The zero-order valence-electron chi connectivity index (χ0n) is 12.0. The molecular formula is C14H16FN3O3S. The molecule has 0 aliphatic heterocycles. The van der Waals surface area contributed by atoms with Crippen LogP contribution in [0.5, 0.6) is 0 Å². The Morgan fingerprint density at radius 2 is 2.14 bits per heavy atom. The first-order valence-corrected chi connectivity index (χ1v) is 7.74. The Hall–Kier alpha value is -1.93. The number of hydrogen-bond acceptors (Lipinski definition) is 6. The van der Waals surface area contributed by atoms with Gasteiger partial charge in [-0.2, -0.15) is 0 Å². The van der Waals surface area contributed by atoms with Gasteiger partial charge >= 0.3 is 0 Å². The number of thioether (sulfide) groups is 1. The van der Waals surface area contributed by atoms with E-state index in [1.165, 1.54) is 36.0 Å². The molecule has 0 bridgehead atoms. The molecule has 0 aliphatic rings. The number of halogens is 1. The van der Waals surface area contributed by atoms with Crippen molar-refractivity contribution in [1.82, 2.24) is 15.5 Å². The maximum absolute atomic E-state index is 12.8. The number of nitrogens with one attached hydrogen (secondary N) is 1. The van der Waals surface area contributed by atoms with Gasteiger partial charge in [-0.05, 0) is 31.2 Å². The number of ether oxygens (including phenoxy) is 1. The maximum Gasteiger partial charge on any atom is 0.276 e. The normalized spacial score (nSPS) is 10.6. The van der Waals surface area contributed by atoms with Crippen LogP contribution in [0.3, 0.4) is 0 Å². The van der Waals surface area contributed by atoms with E-state index >= 15 is 0 Å². The molecule has 0 radical (unpaired) electrons. The minimum atomic E-state index is -0.387. The molecule has 0 unspecified atom stereocenters.